The van der Waals surface area contributed by atoms with E-state index < -0.39 is 11.9 Å². The van der Waals surface area contributed by atoms with Crippen molar-refractivity contribution in [3.05, 3.63) is 54.3 Å². The lowest BCUT2D eigenvalue weighted by atomic mass is 10.3. The van der Waals surface area contributed by atoms with Crippen LogP contribution >= 0.6 is 11.6 Å². The van der Waals surface area contributed by atoms with Gasteiger partial charge in [-0.05, 0) is 25.1 Å². The second-order valence-electron chi connectivity index (χ2n) is 4.16. The summed E-state index contributed by atoms with van der Waals surface area (Å²) in [5.74, 6) is -0.405. The average molecular weight is 298 g/mol. The zero-order valence-corrected chi connectivity index (χ0v) is 12.1. The standard InChI is InChI=1S/C15H17ClFNO2/c1-4-8-18(9-5-2)15(19)11(3)20-14-7-6-12(17)10-13(14)16/h4-7,10-11H,1-2,8-9H2,3H3. The van der Waals surface area contributed by atoms with E-state index in [9.17, 15) is 9.18 Å². The largest absolute Gasteiger partial charge is 0.479 e. The van der Waals surface area contributed by atoms with Gasteiger partial charge < -0.3 is 9.64 Å². The first-order valence-corrected chi connectivity index (χ1v) is 6.49. The molecule has 1 amide bonds. The summed E-state index contributed by atoms with van der Waals surface area (Å²) >= 11 is 5.86. The molecule has 20 heavy (non-hydrogen) atoms. The Labute approximate surface area is 123 Å². The van der Waals surface area contributed by atoms with Crippen molar-refractivity contribution in [2.45, 2.75) is 13.0 Å². The first-order chi connectivity index (χ1) is 9.49. The fraction of sp³-hybridized carbons (Fsp3) is 0.267. The van der Waals surface area contributed by atoms with Gasteiger partial charge in [0.2, 0.25) is 0 Å². The molecule has 0 fully saturated rings. The van der Waals surface area contributed by atoms with E-state index in [1.165, 1.54) is 12.1 Å². The lowest BCUT2D eigenvalue weighted by molar-refractivity contribution is -0.136. The topological polar surface area (TPSA) is 29.5 Å². The molecule has 1 unspecified atom stereocenters. The molecule has 1 aromatic rings. The van der Waals surface area contributed by atoms with Crippen LogP contribution in [0.4, 0.5) is 4.39 Å². The Morgan fingerprint density at radius 1 is 1.45 bits per heavy atom. The summed E-state index contributed by atoms with van der Waals surface area (Å²) in [5, 5.41) is 0.128. The highest BCUT2D eigenvalue weighted by Crippen LogP contribution is 2.26. The Kier molecular flexibility index (Phi) is 6.25. The maximum atomic E-state index is 12.9. The third kappa shape index (κ3) is 4.38. The molecule has 0 saturated heterocycles. The molecule has 3 nitrogen and oxygen atoms in total. The summed E-state index contributed by atoms with van der Waals surface area (Å²) in [6.07, 6.45) is 2.51. The number of hydrogen-bond acceptors (Lipinski definition) is 2. The van der Waals surface area contributed by atoms with E-state index in [-0.39, 0.29) is 16.7 Å². The second-order valence-corrected chi connectivity index (χ2v) is 4.56. The Morgan fingerprint density at radius 3 is 2.55 bits per heavy atom. The van der Waals surface area contributed by atoms with Crippen LogP contribution in [0.2, 0.25) is 5.02 Å². The van der Waals surface area contributed by atoms with Gasteiger partial charge in [0, 0.05) is 13.1 Å². The monoisotopic (exact) mass is 297 g/mol. The van der Waals surface area contributed by atoms with Crippen molar-refractivity contribution < 1.29 is 13.9 Å². The Bertz CT molecular complexity index is 495. The molecule has 0 heterocycles. The van der Waals surface area contributed by atoms with Crippen molar-refractivity contribution in [2.75, 3.05) is 13.1 Å². The Hall–Kier alpha value is -1.81. The van der Waals surface area contributed by atoms with Crippen molar-refractivity contribution in [3.63, 3.8) is 0 Å². The van der Waals surface area contributed by atoms with E-state index in [0.717, 1.165) is 6.07 Å². The van der Waals surface area contributed by atoms with Crippen molar-refractivity contribution in [3.8, 4) is 5.75 Å². The van der Waals surface area contributed by atoms with Gasteiger partial charge in [0.15, 0.2) is 6.10 Å². The molecule has 5 heteroatoms. The van der Waals surface area contributed by atoms with E-state index in [0.29, 0.717) is 13.1 Å². The number of nitrogens with zero attached hydrogens (tertiary/aromatic N) is 1. The third-order valence-corrected chi connectivity index (χ3v) is 2.85. The van der Waals surface area contributed by atoms with Crippen molar-refractivity contribution in [2.24, 2.45) is 0 Å². The molecule has 108 valence electrons. The number of halogens is 2. The molecular formula is C15H17ClFNO2. The SMILES string of the molecule is C=CCN(CC=C)C(=O)C(C)Oc1ccc(F)cc1Cl. The maximum Gasteiger partial charge on any atom is 0.263 e. The normalized spacial score (nSPS) is 11.6. The first-order valence-electron chi connectivity index (χ1n) is 6.12. The van der Waals surface area contributed by atoms with Crippen LogP contribution in [0.5, 0.6) is 5.75 Å². The van der Waals surface area contributed by atoms with E-state index in [1.54, 1.807) is 24.0 Å². The van der Waals surface area contributed by atoms with Gasteiger partial charge in [0.1, 0.15) is 11.6 Å². The molecule has 1 aromatic carbocycles. The fourth-order valence-corrected chi connectivity index (χ4v) is 1.85. The van der Waals surface area contributed by atoms with E-state index in [1.807, 2.05) is 0 Å². The molecule has 0 spiro atoms. The zero-order chi connectivity index (χ0) is 15.1. The summed E-state index contributed by atoms with van der Waals surface area (Å²) in [6, 6.07) is 3.76. The lowest BCUT2D eigenvalue weighted by Crippen LogP contribution is -2.40. The van der Waals surface area contributed by atoms with Gasteiger partial charge in [-0.25, -0.2) is 4.39 Å². The number of carbonyl (C=O) groups excluding carboxylic acids is 1. The molecule has 1 rings (SSSR count). The van der Waals surface area contributed by atoms with Crippen LogP contribution in [-0.2, 0) is 4.79 Å². The summed E-state index contributed by atoms with van der Waals surface area (Å²) in [7, 11) is 0. The predicted molar refractivity (Wildman–Crippen MR) is 78.5 cm³/mol. The highest BCUT2D eigenvalue weighted by atomic mass is 35.5. The first kappa shape index (κ1) is 16.2. The Morgan fingerprint density at radius 2 is 2.05 bits per heavy atom. The van der Waals surface area contributed by atoms with Gasteiger partial charge in [0.25, 0.3) is 5.91 Å². The number of ether oxygens (including phenoxy) is 1. The van der Waals surface area contributed by atoms with Crippen molar-refractivity contribution >= 4 is 17.5 Å². The van der Waals surface area contributed by atoms with E-state index >= 15 is 0 Å². The number of carbonyl (C=O) groups is 1. The van der Waals surface area contributed by atoms with Gasteiger partial charge in [0.05, 0.1) is 5.02 Å². The average Bonchev–Trinajstić information content (AvgIpc) is 2.40. The summed E-state index contributed by atoms with van der Waals surface area (Å²) in [6.45, 7) is 9.61. The molecule has 0 N–H and O–H groups in total. The molecule has 1 atom stereocenters. The minimum absolute atomic E-state index is 0.128. The molecule has 0 saturated carbocycles. The smallest absolute Gasteiger partial charge is 0.263 e. The summed E-state index contributed by atoms with van der Waals surface area (Å²) < 4.78 is 18.4. The van der Waals surface area contributed by atoms with E-state index in [2.05, 4.69) is 13.2 Å². The summed E-state index contributed by atoms with van der Waals surface area (Å²) in [4.78, 5) is 13.7. The number of amides is 1. The van der Waals surface area contributed by atoms with Crippen LogP contribution in [0, 0.1) is 5.82 Å². The maximum absolute atomic E-state index is 12.9. The van der Waals surface area contributed by atoms with Crippen LogP contribution in [0.1, 0.15) is 6.92 Å². The van der Waals surface area contributed by atoms with Crippen molar-refractivity contribution in [1.29, 1.82) is 0 Å². The number of hydrogen-bond donors (Lipinski definition) is 0. The quantitative estimate of drug-likeness (QED) is 0.722. The van der Waals surface area contributed by atoms with E-state index in [4.69, 9.17) is 16.3 Å². The van der Waals surface area contributed by atoms with Gasteiger partial charge >= 0.3 is 0 Å². The lowest BCUT2D eigenvalue weighted by Gasteiger charge is -2.24. The van der Waals surface area contributed by atoms with Crippen LogP contribution < -0.4 is 4.74 Å². The summed E-state index contributed by atoms with van der Waals surface area (Å²) in [5.41, 5.74) is 0. The van der Waals surface area contributed by atoms with Gasteiger partial charge in [-0.1, -0.05) is 23.8 Å². The minimum atomic E-state index is -0.738. The highest BCUT2D eigenvalue weighted by Gasteiger charge is 2.21. The molecule has 0 bridgehead atoms. The second kappa shape index (κ2) is 7.70. The van der Waals surface area contributed by atoms with Crippen LogP contribution in [-0.4, -0.2) is 30.0 Å². The molecule has 0 radical (unpaired) electrons. The number of benzene rings is 1. The minimum Gasteiger partial charge on any atom is -0.479 e. The molecule has 0 aliphatic heterocycles. The van der Waals surface area contributed by atoms with Crippen LogP contribution in [0.3, 0.4) is 0 Å². The van der Waals surface area contributed by atoms with Crippen LogP contribution in [0.15, 0.2) is 43.5 Å². The predicted octanol–water partition coefficient (Wildman–Crippen LogP) is 3.45. The molecule has 0 aliphatic rings. The highest BCUT2D eigenvalue weighted by molar-refractivity contribution is 6.32. The van der Waals surface area contributed by atoms with Crippen molar-refractivity contribution in [1.82, 2.24) is 4.90 Å². The van der Waals surface area contributed by atoms with Gasteiger partial charge in [-0.15, -0.1) is 13.2 Å². The molecule has 0 aromatic heterocycles. The van der Waals surface area contributed by atoms with Gasteiger partial charge in [-0.3, -0.25) is 4.79 Å². The van der Waals surface area contributed by atoms with Gasteiger partial charge in [-0.2, -0.15) is 0 Å². The Balaban J connectivity index is 2.77. The fourth-order valence-electron chi connectivity index (χ4n) is 1.63. The number of rotatable bonds is 7. The molecular weight excluding hydrogens is 281 g/mol. The van der Waals surface area contributed by atoms with Crippen LogP contribution in [0.25, 0.3) is 0 Å². The third-order valence-electron chi connectivity index (χ3n) is 2.56. The zero-order valence-electron chi connectivity index (χ0n) is 11.3. The molecule has 0 aliphatic carbocycles.